The molecular weight excluding hydrogens is 280 g/mol. The second-order valence-corrected chi connectivity index (χ2v) is 7.06. The average Bonchev–Trinajstić information content (AvgIpc) is 2.93. The van der Waals surface area contributed by atoms with Gasteiger partial charge in [-0.3, -0.25) is 0 Å². The van der Waals surface area contributed by atoms with E-state index in [1.807, 2.05) is 6.92 Å². The lowest BCUT2D eigenvalue weighted by atomic mass is 9.80. The Labute approximate surface area is 135 Å². The summed E-state index contributed by atoms with van der Waals surface area (Å²) in [4.78, 5) is 4.71. The van der Waals surface area contributed by atoms with Crippen LogP contribution in [0.4, 0.5) is 0 Å². The Morgan fingerprint density at radius 2 is 2.00 bits per heavy atom. The van der Waals surface area contributed by atoms with Crippen molar-refractivity contribution in [2.45, 2.75) is 32.3 Å². The van der Waals surface area contributed by atoms with Crippen LogP contribution in [0.5, 0.6) is 0 Å². The van der Waals surface area contributed by atoms with Crippen LogP contribution in [0.2, 0.25) is 0 Å². The fraction of sp³-hybridized carbons (Fsp3) is 1.00. The van der Waals surface area contributed by atoms with E-state index in [1.165, 1.54) is 32.4 Å². The van der Waals surface area contributed by atoms with E-state index in [1.54, 1.807) is 0 Å². The Morgan fingerprint density at radius 3 is 2.64 bits per heavy atom. The summed E-state index contributed by atoms with van der Waals surface area (Å²) in [6.45, 7) is 11.0. The summed E-state index contributed by atoms with van der Waals surface area (Å²) in [6.07, 6.45) is 4.32. The lowest BCUT2D eigenvalue weighted by Gasteiger charge is -2.37. The number of likely N-dealkylation sites (N-methyl/N-ethyl adjacent to an activating group) is 1. The summed E-state index contributed by atoms with van der Waals surface area (Å²) in [7, 11) is 4.33. The third-order valence-corrected chi connectivity index (χ3v) is 4.89. The molecule has 0 aromatic carbocycles. The number of piperidine rings is 1. The van der Waals surface area contributed by atoms with E-state index in [2.05, 4.69) is 23.9 Å². The maximum absolute atomic E-state index is 5.48. The van der Waals surface area contributed by atoms with Crippen LogP contribution >= 0.6 is 0 Å². The summed E-state index contributed by atoms with van der Waals surface area (Å²) in [6, 6.07) is 0. The largest absolute Gasteiger partial charge is 0.381 e. The first kappa shape index (κ1) is 18.1. The molecule has 1 spiro atoms. The quantitative estimate of drug-likeness (QED) is 0.788. The van der Waals surface area contributed by atoms with Gasteiger partial charge in [-0.2, -0.15) is 0 Å². The standard InChI is InChI=1S/C9H17NO.C8H17NO2/c1-10-5-2-3-9(7-10)4-6-11-8-9;1-3-10-7-8-6-9(2)4-5-11-8/h2-8H2,1H3;8H,3-7H2,1-2H3. The third-order valence-electron chi connectivity index (χ3n) is 4.89. The Balaban J connectivity index is 0.000000160. The van der Waals surface area contributed by atoms with Crippen molar-refractivity contribution in [1.82, 2.24) is 9.80 Å². The molecule has 22 heavy (non-hydrogen) atoms. The van der Waals surface area contributed by atoms with Crippen molar-refractivity contribution in [3.05, 3.63) is 0 Å². The van der Waals surface area contributed by atoms with Gasteiger partial charge in [0.15, 0.2) is 0 Å². The zero-order valence-electron chi connectivity index (χ0n) is 14.7. The number of rotatable bonds is 3. The zero-order chi connectivity index (χ0) is 15.8. The molecule has 3 saturated heterocycles. The SMILES string of the molecule is CCOCC1CN(C)CCO1.CN1CCCC2(CCOC2)C1. The Morgan fingerprint density at radius 1 is 1.14 bits per heavy atom. The Kier molecular flexibility index (Phi) is 7.57. The van der Waals surface area contributed by atoms with Crippen molar-refractivity contribution in [3.63, 3.8) is 0 Å². The van der Waals surface area contributed by atoms with Gasteiger partial charge in [0.1, 0.15) is 0 Å². The highest BCUT2D eigenvalue weighted by Crippen LogP contribution is 2.36. The van der Waals surface area contributed by atoms with Crippen molar-refractivity contribution in [2.24, 2.45) is 5.41 Å². The molecule has 0 aromatic rings. The summed E-state index contributed by atoms with van der Waals surface area (Å²) in [5.74, 6) is 0. The smallest absolute Gasteiger partial charge is 0.0935 e. The van der Waals surface area contributed by atoms with E-state index >= 15 is 0 Å². The minimum Gasteiger partial charge on any atom is -0.381 e. The molecule has 2 atom stereocenters. The minimum atomic E-state index is 0.286. The van der Waals surface area contributed by atoms with Crippen LogP contribution in [0.1, 0.15) is 26.2 Å². The van der Waals surface area contributed by atoms with Gasteiger partial charge >= 0.3 is 0 Å². The van der Waals surface area contributed by atoms with Crippen molar-refractivity contribution >= 4 is 0 Å². The monoisotopic (exact) mass is 314 g/mol. The Bertz CT molecular complexity index is 308. The van der Waals surface area contributed by atoms with E-state index < -0.39 is 0 Å². The highest BCUT2D eigenvalue weighted by Gasteiger charge is 2.37. The summed E-state index contributed by atoms with van der Waals surface area (Å²) >= 11 is 0. The van der Waals surface area contributed by atoms with Crippen LogP contribution in [0.25, 0.3) is 0 Å². The maximum Gasteiger partial charge on any atom is 0.0935 e. The number of ether oxygens (including phenoxy) is 3. The predicted molar refractivity (Wildman–Crippen MR) is 88.3 cm³/mol. The van der Waals surface area contributed by atoms with Gasteiger partial charge in [-0.25, -0.2) is 0 Å². The molecule has 0 radical (unpaired) electrons. The predicted octanol–water partition coefficient (Wildman–Crippen LogP) is 1.47. The van der Waals surface area contributed by atoms with Gasteiger partial charge in [0.05, 0.1) is 25.9 Å². The van der Waals surface area contributed by atoms with Crippen LogP contribution in [-0.2, 0) is 14.2 Å². The zero-order valence-corrected chi connectivity index (χ0v) is 14.7. The summed E-state index contributed by atoms with van der Waals surface area (Å²) in [5.41, 5.74) is 0.549. The summed E-state index contributed by atoms with van der Waals surface area (Å²) in [5, 5.41) is 0. The van der Waals surface area contributed by atoms with E-state index in [0.717, 1.165) is 46.1 Å². The van der Waals surface area contributed by atoms with E-state index in [0.29, 0.717) is 5.41 Å². The maximum atomic E-state index is 5.48. The third kappa shape index (κ3) is 5.78. The van der Waals surface area contributed by atoms with Gasteiger partial charge in [-0.15, -0.1) is 0 Å². The molecule has 3 rings (SSSR count). The van der Waals surface area contributed by atoms with Gasteiger partial charge in [0.2, 0.25) is 0 Å². The second-order valence-electron chi connectivity index (χ2n) is 7.06. The molecule has 3 aliphatic rings. The van der Waals surface area contributed by atoms with Crippen molar-refractivity contribution in [1.29, 1.82) is 0 Å². The van der Waals surface area contributed by atoms with Crippen molar-refractivity contribution < 1.29 is 14.2 Å². The van der Waals surface area contributed by atoms with Gasteiger partial charge < -0.3 is 24.0 Å². The topological polar surface area (TPSA) is 34.2 Å². The number of likely N-dealkylation sites (tertiary alicyclic amines) is 1. The lowest BCUT2D eigenvalue weighted by molar-refractivity contribution is -0.0612. The normalized spacial score (nSPS) is 33.7. The highest BCUT2D eigenvalue weighted by atomic mass is 16.5. The summed E-state index contributed by atoms with van der Waals surface area (Å²) < 4.78 is 16.2. The first-order valence-corrected chi connectivity index (χ1v) is 8.78. The molecule has 0 aliphatic carbocycles. The fourth-order valence-corrected chi connectivity index (χ4v) is 3.64. The molecule has 5 nitrogen and oxygen atoms in total. The molecule has 3 heterocycles. The molecule has 0 bridgehead atoms. The molecule has 130 valence electrons. The van der Waals surface area contributed by atoms with Crippen LogP contribution in [0.3, 0.4) is 0 Å². The molecule has 2 unspecified atom stereocenters. The van der Waals surface area contributed by atoms with Gasteiger partial charge in [0.25, 0.3) is 0 Å². The van der Waals surface area contributed by atoms with Crippen LogP contribution in [0, 0.1) is 5.41 Å². The van der Waals surface area contributed by atoms with Crippen LogP contribution in [0.15, 0.2) is 0 Å². The minimum absolute atomic E-state index is 0.286. The van der Waals surface area contributed by atoms with E-state index in [-0.39, 0.29) is 6.10 Å². The van der Waals surface area contributed by atoms with Gasteiger partial charge in [-0.1, -0.05) is 0 Å². The van der Waals surface area contributed by atoms with Crippen molar-refractivity contribution in [3.8, 4) is 0 Å². The highest BCUT2D eigenvalue weighted by molar-refractivity contribution is 4.88. The Hall–Kier alpha value is -0.200. The first-order valence-electron chi connectivity index (χ1n) is 8.78. The van der Waals surface area contributed by atoms with Crippen LogP contribution in [-0.4, -0.2) is 89.2 Å². The van der Waals surface area contributed by atoms with Crippen molar-refractivity contribution in [2.75, 3.05) is 73.3 Å². The lowest BCUT2D eigenvalue weighted by Crippen LogP contribution is -2.42. The van der Waals surface area contributed by atoms with E-state index in [9.17, 15) is 0 Å². The fourth-order valence-electron chi connectivity index (χ4n) is 3.64. The molecule has 0 aromatic heterocycles. The molecule has 3 fully saturated rings. The number of hydrogen-bond acceptors (Lipinski definition) is 5. The number of morpholine rings is 1. The molecule has 0 N–H and O–H groups in total. The number of nitrogens with zero attached hydrogens (tertiary/aromatic N) is 2. The molecular formula is C17H34N2O3. The average molecular weight is 314 g/mol. The molecule has 5 heteroatoms. The first-order chi connectivity index (χ1) is 10.6. The van der Waals surface area contributed by atoms with Gasteiger partial charge in [0, 0.05) is 38.3 Å². The molecule has 0 saturated carbocycles. The number of hydrogen-bond donors (Lipinski definition) is 0. The molecule has 0 amide bonds. The second kappa shape index (κ2) is 9.18. The van der Waals surface area contributed by atoms with Crippen LogP contribution < -0.4 is 0 Å². The molecule has 3 aliphatic heterocycles. The van der Waals surface area contributed by atoms with E-state index in [4.69, 9.17) is 14.2 Å². The van der Waals surface area contributed by atoms with Gasteiger partial charge in [-0.05, 0) is 46.8 Å².